The van der Waals surface area contributed by atoms with Crippen LogP contribution in [0.5, 0.6) is 0 Å². The zero-order valence-corrected chi connectivity index (χ0v) is 14.6. The molecule has 7 heteroatoms. The number of carbonyl (C=O) groups excluding carboxylic acids is 3. The molecule has 4 amide bonds. The SMILES string of the molecule is CCC1CN(C(=O)CCNC(N)=O)CCC(=O)N1Cc1ccccc1. The molecule has 1 aromatic carbocycles. The number of urea groups is 1. The maximum atomic E-state index is 12.6. The summed E-state index contributed by atoms with van der Waals surface area (Å²) in [6.07, 6.45) is 1.28. The lowest BCUT2D eigenvalue weighted by Gasteiger charge is -2.31. The molecule has 7 nitrogen and oxygen atoms in total. The molecule has 2 rings (SSSR count). The molecule has 1 saturated heterocycles. The smallest absolute Gasteiger partial charge is 0.312 e. The van der Waals surface area contributed by atoms with Crippen LogP contribution in [0.2, 0.25) is 0 Å². The molecule has 1 aliphatic heterocycles. The van der Waals surface area contributed by atoms with Gasteiger partial charge >= 0.3 is 6.03 Å². The highest BCUT2D eigenvalue weighted by atomic mass is 16.2. The summed E-state index contributed by atoms with van der Waals surface area (Å²) < 4.78 is 0. The van der Waals surface area contributed by atoms with Crippen LogP contribution in [-0.4, -0.2) is 53.3 Å². The van der Waals surface area contributed by atoms with Gasteiger partial charge in [-0.15, -0.1) is 0 Å². The Labute approximate surface area is 148 Å². The molecule has 1 aliphatic rings. The first-order valence-corrected chi connectivity index (χ1v) is 8.65. The second kappa shape index (κ2) is 9.05. The molecule has 0 saturated carbocycles. The van der Waals surface area contributed by atoms with E-state index >= 15 is 0 Å². The molecule has 0 radical (unpaired) electrons. The zero-order valence-electron chi connectivity index (χ0n) is 14.6. The number of amides is 4. The van der Waals surface area contributed by atoms with Crippen molar-refractivity contribution in [2.75, 3.05) is 19.6 Å². The summed E-state index contributed by atoms with van der Waals surface area (Å²) in [5.41, 5.74) is 6.09. The van der Waals surface area contributed by atoms with E-state index in [9.17, 15) is 14.4 Å². The summed E-state index contributed by atoms with van der Waals surface area (Å²) >= 11 is 0. The third-order valence-corrected chi connectivity index (χ3v) is 4.45. The van der Waals surface area contributed by atoms with E-state index in [4.69, 9.17) is 5.73 Å². The van der Waals surface area contributed by atoms with Gasteiger partial charge in [-0.3, -0.25) is 9.59 Å². The zero-order chi connectivity index (χ0) is 18.2. The van der Waals surface area contributed by atoms with Gasteiger partial charge in [0.1, 0.15) is 0 Å². The lowest BCUT2D eigenvalue weighted by atomic mass is 10.1. The van der Waals surface area contributed by atoms with Crippen LogP contribution in [0.1, 0.15) is 31.7 Å². The van der Waals surface area contributed by atoms with Crippen LogP contribution in [0.3, 0.4) is 0 Å². The van der Waals surface area contributed by atoms with Crippen LogP contribution in [-0.2, 0) is 16.1 Å². The average Bonchev–Trinajstić information content (AvgIpc) is 2.75. The molecular formula is C18H26N4O3. The van der Waals surface area contributed by atoms with Crippen LogP contribution in [0.15, 0.2) is 30.3 Å². The van der Waals surface area contributed by atoms with E-state index in [2.05, 4.69) is 5.32 Å². The number of hydrogen-bond donors (Lipinski definition) is 2. The standard InChI is InChI=1S/C18H26N4O3/c1-2-15-13-21(16(23)8-10-20-18(19)25)11-9-17(24)22(15)12-14-6-4-3-5-7-14/h3-7,15H,2,8-13H2,1H3,(H3,19,20,25). The molecular weight excluding hydrogens is 320 g/mol. The van der Waals surface area contributed by atoms with Gasteiger partial charge in [0.25, 0.3) is 0 Å². The van der Waals surface area contributed by atoms with Crippen molar-refractivity contribution >= 4 is 17.8 Å². The highest BCUT2D eigenvalue weighted by Crippen LogP contribution is 2.18. The number of rotatable bonds is 6. The highest BCUT2D eigenvalue weighted by molar-refractivity contribution is 5.81. The lowest BCUT2D eigenvalue weighted by molar-refractivity contribution is -0.133. The molecule has 0 bridgehead atoms. The van der Waals surface area contributed by atoms with E-state index in [-0.39, 0.29) is 30.8 Å². The average molecular weight is 346 g/mol. The maximum Gasteiger partial charge on any atom is 0.312 e. The number of nitrogens with zero attached hydrogens (tertiary/aromatic N) is 2. The van der Waals surface area contributed by atoms with Crippen LogP contribution in [0.25, 0.3) is 0 Å². The second-order valence-electron chi connectivity index (χ2n) is 6.20. The Morgan fingerprint density at radius 2 is 2.00 bits per heavy atom. The Morgan fingerprint density at radius 1 is 1.28 bits per heavy atom. The Bertz CT molecular complexity index is 606. The number of nitrogens with one attached hydrogen (secondary N) is 1. The van der Waals surface area contributed by atoms with Gasteiger partial charge in [-0.1, -0.05) is 37.3 Å². The van der Waals surface area contributed by atoms with Gasteiger partial charge in [-0.2, -0.15) is 0 Å². The monoisotopic (exact) mass is 346 g/mol. The molecule has 1 aromatic rings. The van der Waals surface area contributed by atoms with Crippen molar-refractivity contribution in [3.05, 3.63) is 35.9 Å². The van der Waals surface area contributed by atoms with Crippen molar-refractivity contribution in [3.63, 3.8) is 0 Å². The van der Waals surface area contributed by atoms with Gasteiger partial charge in [0.05, 0.1) is 0 Å². The predicted octanol–water partition coefficient (Wildman–Crippen LogP) is 1.08. The molecule has 3 N–H and O–H groups in total. The Hall–Kier alpha value is -2.57. The van der Waals surface area contributed by atoms with E-state index in [0.29, 0.717) is 26.1 Å². The molecule has 25 heavy (non-hydrogen) atoms. The van der Waals surface area contributed by atoms with E-state index in [1.54, 1.807) is 4.90 Å². The predicted molar refractivity (Wildman–Crippen MR) is 94.5 cm³/mol. The number of nitrogens with two attached hydrogens (primary N) is 1. The fraction of sp³-hybridized carbons (Fsp3) is 0.500. The molecule has 136 valence electrons. The largest absolute Gasteiger partial charge is 0.352 e. The minimum absolute atomic E-state index is 0.0109. The van der Waals surface area contributed by atoms with Gasteiger partial charge in [-0.05, 0) is 12.0 Å². The summed E-state index contributed by atoms with van der Waals surface area (Å²) in [6.45, 7) is 3.73. The molecule has 1 fully saturated rings. The number of hydrogen-bond acceptors (Lipinski definition) is 3. The minimum Gasteiger partial charge on any atom is -0.352 e. The Kier molecular flexibility index (Phi) is 6.80. The molecule has 0 aromatic heterocycles. The van der Waals surface area contributed by atoms with Crippen molar-refractivity contribution in [1.82, 2.24) is 15.1 Å². The van der Waals surface area contributed by atoms with Gasteiger partial charge in [0.2, 0.25) is 11.8 Å². The van der Waals surface area contributed by atoms with Crippen LogP contribution >= 0.6 is 0 Å². The Morgan fingerprint density at radius 3 is 2.64 bits per heavy atom. The minimum atomic E-state index is -0.640. The summed E-state index contributed by atoms with van der Waals surface area (Å²) in [7, 11) is 0. The van der Waals surface area contributed by atoms with E-state index in [1.807, 2.05) is 42.2 Å². The summed E-state index contributed by atoms with van der Waals surface area (Å²) in [5.74, 6) is 0.00262. The normalized spacial score (nSPS) is 18.0. The molecule has 0 aliphatic carbocycles. The first-order chi connectivity index (χ1) is 12.0. The molecule has 1 heterocycles. The number of primary amides is 1. The highest BCUT2D eigenvalue weighted by Gasteiger charge is 2.30. The summed E-state index contributed by atoms with van der Waals surface area (Å²) in [4.78, 5) is 39.2. The van der Waals surface area contributed by atoms with Crippen molar-refractivity contribution in [2.24, 2.45) is 5.73 Å². The number of carbonyl (C=O) groups is 3. The second-order valence-corrected chi connectivity index (χ2v) is 6.20. The first kappa shape index (κ1) is 18.8. The van der Waals surface area contributed by atoms with Crippen LogP contribution in [0, 0.1) is 0 Å². The fourth-order valence-corrected chi connectivity index (χ4v) is 3.05. The van der Waals surface area contributed by atoms with Crippen molar-refractivity contribution in [1.29, 1.82) is 0 Å². The van der Waals surface area contributed by atoms with E-state index in [0.717, 1.165) is 12.0 Å². The van der Waals surface area contributed by atoms with Crippen LogP contribution < -0.4 is 11.1 Å². The summed E-state index contributed by atoms with van der Waals surface area (Å²) in [5, 5.41) is 2.42. The first-order valence-electron chi connectivity index (χ1n) is 8.65. The fourth-order valence-electron chi connectivity index (χ4n) is 3.05. The molecule has 1 unspecified atom stereocenters. The Balaban J connectivity index is 2.01. The number of benzene rings is 1. The van der Waals surface area contributed by atoms with E-state index in [1.165, 1.54) is 0 Å². The maximum absolute atomic E-state index is 12.6. The molecule has 0 spiro atoms. The van der Waals surface area contributed by atoms with E-state index < -0.39 is 6.03 Å². The molecule has 1 atom stereocenters. The van der Waals surface area contributed by atoms with Gasteiger partial charge in [-0.25, -0.2) is 4.79 Å². The third-order valence-electron chi connectivity index (χ3n) is 4.45. The van der Waals surface area contributed by atoms with Gasteiger partial charge in [0.15, 0.2) is 0 Å². The third kappa shape index (κ3) is 5.48. The van der Waals surface area contributed by atoms with Crippen LogP contribution in [0.4, 0.5) is 4.79 Å². The van der Waals surface area contributed by atoms with Gasteiger partial charge in [0, 0.05) is 45.1 Å². The summed E-state index contributed by atoms with van der Waals surface area (Å²) in [6, 6.07) is 9.22. The lowest BCUT2D eigenvalue weighted by Crippen LogP contribution is -2.44. The van der Waals surface area contributed by atoms with Crippen molar-refractivity contribution in [3.8, 4) is 0 Å². The van der Waals surface area contributed by atoms with Gasteiger partial charge < -0.3 is 20.9 Å². The topological polar surface area (TPSA) is 95.7 Å². The quantitative estimate of drug-likeness (QED) is 0.807. The van der Waals surface area contributed by atoms with Crippen molar-refractivity contribution in [2.45, 2.75) is 38.8 Å². The van der Waals surface area contributed by atoms with Crippen molar-refractivity contribution < 1.29 is 14.4 Å².